The molecule has 3 saturated carbocycles. The highest BCUT2D eigenvalue weighted by Gasteiger charge is 2.70. The van der Waals surface area contributed by atoms with Crippen molar-refractivity contribution in [2.24, 2.45) is 34.5 Å². The van der Waals surface area contributed by atoms with Crippen LogP contribution in [0.5, 0.6) is 0 Å². The Balaban J connectivity index is 2.14. The summed E-state index contributed by atoms with van der Waals surface area (Å²) in [5.41, 5.74) is -0.0354. The maximum Gasteiger partial charge on any atom is 0.307 e. The molecule has 0 aromatic heterocycles. The van der Waals surface area contributed by atoms with Crippen molar-refractivity contribution in [3.63, 3.8) is 0 Å². The number of carboxylic acids is 1. The molecule has 4 bridgehead atoms. The van der Waals surface area contributed by atoms with Crippen LogP contribution in [0.2, 0.25) is 0 Å². The minimum absolute atomic E-state index is 0.115. The molecule has 0 radical (unpaired) electrons. The molecule has 3 heteroatoms. The molecule has 0 spiro atoms. The van der Waals surface area contributed by atoms with Crippen LogP contribution >= 0.6 is 0 Å². The number of rotatable bonds is 1. The van der Waals surface area contributed by atoms with Gasteiger partial charge in [-0.15, -0.1) is 0 Å². The first-order valence-electron chi connectivity index (χ1n) is 7.04. The Hall–Kier alpha value is -0.860. The molecule has 0 saturated heterocycles. The second kappa shape index (κ2) is 3.37. The third-order valence-corrected chi connectivity index (χ3v) is 6.23. The molecule has 3 rings (SSSR count). The van der Waals surface area contributed by atoms with Crippen molar-refractivity contribution in [1.82, 2.24) is 0 Å². The molecule has 0 aliphatic heterocycles. The minimum Gasteiger partial charge on any atom is -0.481 e. The van der Waals surface area contributed by atoms with Crippen LogP contribution in [0.3, 0.4) is 0 Å². The van der Waals surface area contributed by atoms with E-state index in [2.05, 4.69) is 20.8 Å². The molecule has 5 atom stereocenters. The summed E-state index contributed by atoms with van der Waals surface area (Å²) in [6, 6.07) is 0. The highest BCUT2D eigenvalue weighted by atomic mass is 16.4. The normalized spacial score (nSPS) is 49.2. The first-order valence-corrected chi connectivity index (χ1v) is 7.04. The first-order chi connectivity index (χ1) is 8.29. The lowest BCUT2D eigenvalue weighted by Gasteiger charge is -2.38. The van der Waals surface area contributed by atoms with Gasteiger partial charge in [-0.1, -0.05) is 27.2 Å². The lowest BCUT2D eigenvalue weighted by molar-refractivity contribution is -0.153. The summed E-state index contributed by atoms with van der Waals surface area (Å²) in [6.45, 7) is 6.58. The summed E-state index contributed by atoms with van der Waals surface area (Å²) in [7, 11) is 0. The van der Waals surface area contributed by atoms with E-state index in [1.807, 2.05) is 0 Å². The zero-order valence-electron chi connectivity index (χ0n) is 11.4. The van der Waals surface area contributed by atoms with E-state index in [-0.39, 0.29) is 22.5 Å². The van der Waals surface area contributed by atoms with Crippen molar-refractivity contribution >= 4 is 11.8 Å². The third-order valence-electron chi connectivity index (χ3n) is 6.23. The van der Waals surface area contributed by atoms with Crippen molar-refractivity contribution in [2.45, 2.75) is 46.5 Å². The Bertz CT molecular complexity index is 425. The van der Waals surface area contributed by atoms with Crippen LogP contribution in [-0.4, -0.2) is 16.9 Å². The van der Waals surface area contributed by atoms with Crippen LogP contribution in [0.25, 0.3) is 0 Å². The molecule has 3 fully saturated rings. The van der Waals surface area contributed by atoms with Crippen molar-refractivity contribution < 1.29 is 14.7 Å². The Morgan fingerprint density at radius 1 is 1.28 bits per heavy atom. The second-order valence-electron chi connectivity index (χ2n) is 7.49. The van der Waals surface area contributed by atoms with E-state index in [0.717, 1.165) is 19.3 Å². The average molecular weight is 250 g/mol. The van der Waals surface area contributed by atoms with Gasteiger partial charge in [-0.3, -0.25) is 9.59 Å². The van der Waals surface area contributed by atoms with Crippen LogP contribution < -0.4 is 0 Å². The lowest BCUT2D eigenvalue weighted by Crippen LogP contribution is -2.42. The van der Waals surface area contributed by atoms with Gasteiger partial charge in [-0.25, -0.2) is 0 Å². The van der Waals surface area contributed by atoms with Crippen LogP contribution in [-0.2, 0) is 9.59 Å². The topological polar surface area (TPSA) is 54.4 Å². The van der Waals surface area contributed by atoms with E-state index >= 15 is 0 Å². The van der Waals surface area contributed by atoms with Crippen LogP contribution in [0.1, 0.15) is 46.5 Å². The number of carbonyl (C=O) groups excluding carboxylic acids is 1. The van der Waals surface area contributed by atoms with Crippen LogP contribution in [0.4, 0.5) is 0 Å². The summed E-state index contributed by atoms with van der Waals surface area (Å²) in [6.07, 6.45) is 3.82. The first kappa shape index (κ1) is 12.2. The van der Waals surface area contributed by atoms with E-state index in [0.29, 0.717) is 18.3 Å². The molecule has 3 nitrogen and oxygen atoms in total. The largest absolute Gasteiger partial charge is 0.481 e. The summed E-state index contributed by atoms with van der Waals surface area (Å²) in [5.74, 6) is -0.598. The molecule has 0 aromatic rings. The molecule has 0 aromatic carbocycles. The monoisotopic (exact) mass is 250 g/mol. The molecule has 5 unspecified atom stereocenters. The van der Waals surface area contributed by atoms with Gasteiger partial charge in [0.05, 0.1) is 5.92 Å². The van der Waals surface area contributed by atoms with Crippen molar-refractivity contribution in [3.8, 4) is 0 Å². The average Bonchev–Trinajstić information content (AvgIpc) is 2.64. The van der Waals surface area contributed by atoms with E-state index in [4.69, 9.17) is 0 Å². The number of carbonyl (C=O) groups is 2. The van der Waals surface area contributed by atoms with Gasteiger partial charge in [0.15, 0.2) is 0 Å². The fourth-order valence-electron chi connectivity index (χ4n) is 5.51. The maximum absolute atomic E-state index is 12.2. The fraction of sp³-hybridized carbons (Fsp3) is 0.867. The van der Waals surface area contributed by atoms with Gasteiger partial charge in [0.2, 0.25) is 0 Å². The number of hydrogen-bond acceptors (Lipinski definition) is 2. The lowest BCUT2D eigenvalue weighted by atomic mass is 9.64. The van der Waals surface area contributed by atoms with E-state index in [1.165, 1.54) is 0 Å². The summed E-state index contributed by atoms with van der Waals surface area (Å²) >= 11 is 0. The number of ketones is 1. The molecule has 1 N–H and O–H groups in total. The summed E-state index contributed by atoms with van der Waals surface area (Å²) in [4.78, 5) is 23.8. The summed E-state index contributed by atoms with van der Waals surface area (Å²) < 4.78 is 0. The highest BCUT2D eigenvalue weighted by molar-refractivity contribution is 5.91. The molecule has 3 aliphatic rings. The van der Waals surface area contributed by atoms with Crippen molar-refractivity contribution in [1.29, 1.82) is 0 Å². The van der Waals surface area contributed by atoms with Gasteiger partial charge in [0.25, 0.3) is 0 Å². The minimum atomic E-state index is -0.749. The zero-order chi connectivity index (χ0) is 13.3. The predicted octanol–water partition coefficient (Wildman–Crippen LogP) is 2.74. The van der Waals surface area contributed by atoms with Gasteiger partial charge >= 0.3 is 5.97 Å². The van der Waals surface area contributed by atoms with Crippen LogP contribution in [0.15, 0.2) is 0 Å². The Kier molecular flexibility index (Phi) is 2.28. The predicted molar refractivity (Wildman–Crippen MR) is 67.0 cm³/mol. The number of carboxylic acid groups (broad SMARTS) is 1. The van der Waals surface area contributed by atoms with E-state index in [1.54, 1.807) is 0 Å². The molecule has 0 amide bonds. The number of hydrogen-bond donors (Lipinski definition) is 1. The van der Waals surface area contributed by atoms with Crippen molar-refractivity contribution in [2.75, 3.05) is 0 Å². The quantitative estimate of drug-likeness (QED) is 0.778. The van der Waals surface area contributed by atoms with Crippen molar-refractivity contribution in [3.05, 3.63) is 0 Å². The van der Waals surface area contributed by atoms with Gasteiger partial charge in [-0.05, 0) is 35.5 Å². The van der Waals surface area contributed by atoms with Gasteiger partial charge in [-0.2, -0.15) is 0 Å². The fourth-order valence-corrected chi connectivity index (χ4v) is 5.51. The Morgan fingerprint density at radius 2 is 1.94 bits per heavy atom. The zero-order valence-corrected chi connectivity index (χ0v) is 11.4. The Labute approximate surface area is 108 Å². The van der Waals surface area contributed by atoms with E-state index in [9.17, 15) is 14.7 Å². The second-order valence-corrected chi connectivity index (χ2v) is 7.49. The summed E-state index contributed by atoms with van der Waals surface area (Å²) in [5, 5.41) is 9.58. The number of aliphatic carboxylic acids is 1. The van der Waals surface area contributed by atoms with Crippen LogP contribution in [0, 0.1) is 34.5 Å². The van der Waals surface area contributed by atoms with E-state index < -0.39 is 11.9 Å². The van der Waals surface area contributed by atoms with Gasteiger partial charge < -0.3 is 5.11 Å². The number of Topliss-reactive ketones (excluding diaryl/α,β-unsaturated/α-hetero) is 1. The third kappa shape index (κ3) is 1.25. The smallest absolute Gasteiger partial charge is 0.307 e. The highest BCUT2D eigenvalue weighted by Crippen LogP contribution is 2.69. The standard InChI is InChI=1S/C15H22O3/c1-14(2)5-4-6-15(3)8-7-9(16)10(11(8)14)12(15)13(17)18/h8,10-12H,4-7H2,1-3H3,(H,17,18). The Morgan fingerprint density at radius 3 is 2.56 bits per heavy atom. The maximum atomic E-state index is 12.2. The molecule has 100 valence electrons. The molecule has 18 heavy (non-hydrogen) atoms. The molecular formula is C15H22O3. The SMILES string of the molecule is CC1(C)CCCC2(C)C3CC(=O)C(C31)C2C(=O)O. The molecule has 0 heterocycles. The molecule has 3 aliphatic carbocycles. The molecular weight excluding hydrogens is 228 g/mol. The van der Waals surface area contributed by atoms with Gasteiger partial charge in [0, 0.05) is 12.3 Å². The van der Waals surface area contributed by atoms with Gasteiger partial charge in [0.1, 0.15) is 5.78 Å².